The van der Waals surface area contributed by atoms with Crippen LogP contribution in [0.4, 0.5) is 0 Å². The molecular weight excluding hydrogens is 150 g/mol. The van der Waals surface area contributed by atoms with E-state index in [-0.39, 0.29) is 6.67 Å². The van der Waals surface area contributed by atoms with Crippen LogP contribution < -0.4 is 16.4 Å². The molecule has 0 bridgehead atoms. The maximum atomic E-state index is 10.8. The highest BCUT2D eigenvalue weighted by atomic mass is 16.3. The Hall–Kier alpha value is -1.14. The molecule has 1 heterocycles. The van der Waals surface area contributed by atoms with E-state index in [1.807, 2.05) is 0 Å². The lowest BCUT2D eigenvalue weighted by Gasteiger charge is -2.25. The lowest BCUT2D eigenvalue weighted by molar-refractivity contribution is -0.142. The molecule has 2 unspecified atom stereocenters. The Labute approximate surface area is 62.8 Å². The van der Waals surface area contributed by atoms with Crippen molar-refractivity contribution in [3.05, 3.63) is 0 Å². The van der Waals surface area contributed by atoms with Gasteiger partial charge < -0.3 is 16.2 Å². The molecule has 11 heavy (non-hydrogen) atoms. The van der Waals surface area contributed by atoms with Crippen LogP contribution in [-0.4, -0.2) is 29.8 Å². The number of amides is 2. The van der Waals surface area contributed by atoms with E-state index < -0.39 is 24.0 Å². The summed E-state index contributed by atoms with van der Waals surface area (Å²) in [6.45, 7) is 0.157. The zero-order valence-electron chi connectivity index (χ0n) is 5.70. The van der Waals surface area contributed by atoms with Crippen molar-refractivity contribution in [1.29, 1.82) is 0 Å². The predicted molar refractivity (Wildman–Crippen MR) is 34.8 cm³/mol. The molecule has 0 aliphatic carbocycles. The Bertz CT molecular complexity index is 193. The smallest absolute Gasteiger partial charge is 0.237 e. The summed E-state index contributed by atoms with van der Waals surface area (Å²) in [5, 5.41) is 13.8. The molecule has 6 heteroatoms. The standard InChI is InChI=1S/C5H9N3O3/c6-3(9)2-4(10)7-1-8-5(2)11/h2,4,7,10H,1H2,(H2,6,9)(H,8,11). The average molecular weight is 159 g/mol. The molecule has 0 radical (unpaired) electrons. The second-order valence-electron chi connectivity index (χ2n) is 2.25. The second kappa shape index (κ2) is 2.85. The number of aliphatic hydroxyl groups is 1. The first-order valence-corrected chi connectivity index (χ1v) is 3.11. The number of carbonyl (C=O) groups excluding carboxylic acids is 2. The molecule has 5 N–H and O–H groups in total. The number of hydrogen-bond donors (Lipinski definition) is 4. The van der Waals surface area contributed by atoms with E-state index in [2.05, 4.69) is 10.6 Å². The van der Waals surface area contributed by atoms with Crippen LogP contribution in [0, 0.1) is 5.92 Å². The van der Waals surface area contributed by atoms with Gasteiger partial charge >= 0.3 is 0 Å². The Morgan fingerprint density at radius 1 is 1.73 bits per heavy atom. The normalized spacial score (nSPS) is 31.2. The third kappa shape index (κ3) is 1.47. The lowest BCUT2D eigenvalue weighted by atomic mass is 10.1. The highest BCUT2D eigenvalue weighted by Crippen LogP contribution is 2.03. The van der Waals surface area contributed by atoms with Crippen LogP contribution >= 0.6 is 0 Å². The summed E-state index contributed by atoms with van der Waals surface area (Å²) in [7, 11) is 0. The minimum absolute atomic E-state index is 0.157. The van der Waals surface area contributed by atoms with Crippen LogP contribution in [0.15, 0.2) is 0 Å². The Morgan fingerprint density at radius 3 is 2.73 bits per heavy atom. The monoisotopic (exact) mass is 159 g/mol. The van der Waals surface area contributed by atoms with E-state index in [9.17, 15) is 9.59 Å². The Balaban J connectivity index is 2.70. The minimum Gasteiger partial charge on any atom is -0.377 e. The van der Waals surface area contributed by atoms with Gasteiger partial charge in [0, 0.05) is 0 Å². The van der Waals surface area contributed by atoms with E-state index >= 15 is 0 Å². The molecule has 1 fully saturated rings. The Morgan fingerprint density at radius 2 is 2.36 bits per heavy atom. The van der Waals surface area contributed by atoms with Gasteiger partial charge in [0.05, 0.1) is 6.67 Å². The molecule has 1 aliphatic rings. The summed E-state index contributed by atoms with van der Waals surface area (Å²) in [5.41, 5.74) is 4.85. The molecule has 1 rings (SSSR count). The molecule has 0 saturated carbocycles. The van der Waals surface area contributed by atoms with Crippen molar-refractivity contribution < 1.29 is 14.7 Å². The van der Waals surface area contributed by atoms with Gasteiger partial charge in [-0.1, -0.05) is 0 Å². The minimum atomic E-state index is -1.18. The van der Waals surface area contributed by atoms with E-state index in [0.717, 1.165) is 0 Å². The second-order valence-corrected chi connectivity index (χ2v) is 2.25. The van der Waals surface area contributed by atoms with Crippen molar-refractivity contribution in [2.45, 2.75) is 6.23 Å². The highest BCUT2D eigenvalue weighted by Gasteiger charge is 2.34. The quantitative estimate of drug-likeness (QED) is 0.308. The number of primary amides is 1. The summed E-state index contributed by atoms with van der Waals surface area (Å²) in [6.07, 6.45) is -1.17. The topological polar surface area (TPSA) is 104 Å². The molecule has 2 amide bonds. The van der Waals surface area contributed by atoms with Gasteiger partial charge in [-0.25, -0.2) is 0 Å². The van der Waals surface area contributed by atoms with Gasteiger partial charge in [0.25, 0.3) is 0 Å². The maximum Gasteiger partial charge on any atom is 0.237 e. The van der Waals surface area contributed by atoms with Crippen molar-refractivity contribution in [3.8, 4) is 0 Å². The van der Waals surface area contributed by atoms with Crippen LogP contribution in [0.25, 0.3) is 0 Å². The molecule has 0 aromatic carbocycles. The zero-order chi connectivity index (χ0) is 8.43. The van der Waals surface area contributed by atoms with Gasteiger partial charge in [0.2, 0.25) is 11.8 Å². The fourth-order valence-electron chi connectivity index (χ4n) is 0.899. The number of nitrogens with one attached hydrogen (secondary N) is 2. The van der Waals surface area contributed by atoms with E-state index in [0.29, 0.717) is 0 Å². The van der Waals surface area contributed by atoms with Crippen molar-refractivity contribution in [2.24, 2.45) is 11.7 Å². The van der Waals surface area contributed by atoms with Gasteiger partial charge in [-0.05, 0) is 0 Å². The van der Waals surface area contributed by atoms with Crippen LogP contribution in [0.2, 0.25) is 0 Å². The van der Waals surface area contributed by atoms with Crippen molar-refractivity contribution in [1.82, 2.24) is 10.6 Å². The first-order chi connectivity index (χ1) is 5.13. The summed E-state index contributed by atoms with van der Waals surface area (Å²) in [5.74, 6) is -2.55. The number of carbonyl (C=O) groups is 2. The molecule has 6 nitrogen and oxygen atoms in total. The van der Waals surface area contributed by atoms with Gasteiger partial charge in [-0.2, -0.15) is 0 Å². The lowest BCUT2D eigenvalue weighted by Crippen LogP contribution is -2.58. The first kappa shape index (κ1) is 7.96. The van der Waals surface area contributed by atoms with Gasteiger partial charge in [0.1, 0.15) is 6.23 Å². The zero-order valence-corrected chi connectivity index (χ0v) is 5.70. The number of nitrogens with two attached hydrogens (primary N) is 1. The predicted octanol–water partition coefficient (Wildman–Crippen LogP) is -2.92. The molecule has 0 aromatic heterocycles. The molecule has 62 valence electrons. The average Bonchev–Trinajstić information content (AvgIpc) is 1.85. The van der Waals surface area contributed by atoms with Crippen LogP contribution in [-0.2, 0) is 9.59 Å². The summed E-state index contributed by atoms with van der Waals surface area (Å²) in [4.78, 5) is 21.4. The third-order valence-corrected chi connectivity index (χ3v) is 1.48. The third-order valence-electron chi connectivity index (χ3n) is 1.48. The summed E-state index contributed by atoms with van der Waals surface area (Å²) < 4.78 is 0. The summed E-state index contributed by atoms with van der Waals surface area (Å²) >= 11 is 0. The van der Waals surface area contributed by atoms with Crippen LogP contribution in [0.3, 0.4) is 0 Å². The van der Waals surface area contributed by atoms with E-state index in [4.69, 9.17) is 10.8 Å². The number of rotatable bonds is 1. The van der Waals surface area contributed by atoms with Crippen LogP contribution in [0.5, 0.6) is 0 Å². The summed E-state index contributed by atoms with van der Waals surface area (Å²) in [6, 6.07) is 0. The number of aliphatic hydroxyl groups excluding tert-OH is 1. The molecule has 2 atom stereocenters. The fraction of sp³-hybridized carbons (Fsp3) is 0.600. The van der Waals surface area contributed by atoms with E-state index in [1.54, 1.807) is 0 Å². The largest absolute Gasteiger partial charge is 0.377 e. The van der Waals surface area contributed by atoms with Crippen molar-refractivity contribution >= 4 is 11.8 Å². The van der Waals surface area contributed by atoms with Gasteiger partial charge in [-0.15, -0.1) is 0 Å². The van der Waals surface area contributed by atoms with Crippen molar-refractivity contribution in [2.75, 3.05) is 6.67 Å². The number of hydrogen-bond acceptors (Lipinski definition) is 4. The molecule has 1 saturated heterocycles. The molecular formula is C5H9N3O3. The molecule has 0 spiro atoms. The SMILES string of the molecule is NC(=O)C1C(=O)NCNC1O. The first-order valence-electron chi connectivity index (χ1n) is 3.11. The van der Waals surface area contributed by atoms with Gasteiger partial charge in [0.15, 0.2) is 5.92 Å². The molecule has 1 aliphatic heterocycles. The molecule has 0 aromatic rings. The maximum absolute atomic E-state index is 10.8. The van der Waals surface area contributed by atoms with Crippen molar-refractivity contribution in [3.63, 3.8) is 0 Å². The van der Waals surface area contributed by atoms with E-state index in [1.165, 1.54) is 0 Å². The fourth-order valence-corrected chi connectivity index (χ4v) is 0.899. The highest BCUT2D eigenvalue weighted by molar-refractivity contribution is 6.00. The van der Waals surface area contributed by atoms with Gasteiger partial charge in [-0.3, -0.25) is 14.9 Å². The Kier molecular flexibility index (Phi) is 2.06. The van der Waals surface area contributed by atoms with Crippen LogP contribution in [0.1, 0.15) is 0 Å².